The van der Waals surface area contributed by atoms with E-state index in [1.54, 1.807) is 34.7 Å². The molecule has 2 amide bonds. The number of hydrogen-bond acceptors (Lipinski definition) is 7. The van der Waals surface area contributed by atoms with E-state index in [-0.39, 0.29) is 29.4 Å². The molecule has 35 heavy (non-hydrogen) atoms. The molecule has 0 radical (unpaired) electrons. The van der Waals surface area contributed by atoms with Crippen LogP contribution in [0.3, 0.4) is 0 Å². The van der Waals surface area contributed by atoms with E-state index in [0.717, 1.165) is 0 Å². The number of fused-ring (bicyclic) bond motifs is 1. The van der Waals surface area contributed by atoms with Gasteiger partial charge in [-0.15, -0.1) is 0 Å². The first-order chi connectivity index (χ1) is 16.8. The molecule has 11 nitrogen and oxygen atoms in total. The van der Waals surface area contributed by atoms with Gasteiger partial charge in [0.15, 0.2) is 11.5 Å². The minimum Gasteiger partial charge on any atom is -0.454 e. The lowest BCUT2D eigenvalue weighted by molar-refractivity contribution is -0.121. The normalized spacial score (nSPS) is 19.1. The quantitative estimate of drug-likeness (QED) is 0.651. The van der Waals surface area contributed by atoms with Crippen molar-refractivity contribution in [2.75, 3.05) is 51.5 Å². The van der Waals surface area contributed by atoms with Crippen LogP contribution >= 0.6 is 0 Å². The molecule has 4 heterocycles. The third-order valence-corrected chi connectivity index (χ3v) is 8.46. The summed E-state index contributed by atoms with van der Waals surface area (Å²) >= 11 is 0. The number of ether oxygens (including phenoxy) is 3. The zero-order valence-corrected chi connectivity index (χ0v) is 20.3. The zero-order valence-electron chi connectivity index (χ0n) is 19.4. The van der Waals surface area contributed by atoms with Crippen LogP contribution < -0.4 is 14.8 Å². The van der Waals surface area contributed by atoms with Gasteiger partial charge in [-0.1, -0.05) is 0 Å². The van der Waals surface area contributed by atoms with E-state index >= 15 is 0 Å². The molecule has 12 heteroatoms. The number of nitrogens with one attached hydrogen (secondary N) is 1. The Hall–Kier alpha value is -3.09. The van der Waals surface area contributed by atoms with Crippen molar-refractivity contribution < 1.29 is 32.2 Å². The molecule has 2 aromatic rings. The average Bonchev–Trinajstić information content (AvgIpc) is 3.50. The molecule has 0 saturated carbocycles. The van der Waals surface area contributed by atoms with E-state index < -0.39 is 10.0 Å². The van der Waals surface area contributed by atoms with Crippen LogP contribution in [-0.2, 0) is 26.6 Å². The number of piperidine rings is 1. The Balaban J connectivity index is 1.19. The van der Waals surface area contributed by atoms with Gasteiger partial charge in [0.2, 0.25) is 22.7 Å². The first-order valence-corrected chi connectivity index (χ1v) is 13.0. The van der Waals surface area contributed by atoms with Crippen LogP contribution in [0.5, 0.6) is 11.5 Å². The lowest BCUT2D eigenvalue weighted by Crippen LogP contribution is -2.42. The molecular weight excluding hydrogens is 476 g/mol. The third-order valence-electron chi connectivity index (χ3n) is 6.60. The van der Waals surface area contributed by atoms with Gasteiger partial charge in [-0.2, -0.15) is 4.31 Å². The van der Waals surface area contributed by atoms with Crippen LogP contribution in [0.15, 0.2) is 35.4 Å². The van der Waals surface area contributed by atoms with Gasteiger partial charge in [0, 0.05) is 57.1 Å². The molecule has 1 aromatic heterocycles. The summed E-state index contributed by atoms with van der Waals surface area (Å²) < 4.78 is 44.7. The maximum Gasteiger partial charge on any atom is 0.270 e. The summed E-state index contributed by atoms with van der Waals surface area (Å²) in [7, 11) is -2.03. The number of hydrogen-bond donors (Lipinski definition) is 1. The summed E-state index contributed by atoms with van der Waals surface area (Å²) in [5.41, 5.74) is 0.940. The summed E-state index contributed by atoms with van der Waals surface area (Å²) in [6.45, 7) is 2.29. The van der Waals surface area contributed by atoms with Crippen LogP contribution in [0, 0.1) is 5.92 Å². The van der Waals surface area contributed by atoms with Crippen LogP contribution in [0.25, 0.3) is 0 Å². The smallest absolute Gasteiger partial charge is 0.270 e. The van der Waals surface area contributed by atoms with Crippen molar-refractivity contribution in [2.45, 2.75) is 17.7 Å². The summed E-state index contributed by atoms with van der Waals surface area (Å²) in [6.07, 6.45) is 2.51. The van der Waals surface area contributed by atoms with Gasteiger partial charge >= 0.3 is 0 Å². The first-order valence-electron chi connectivity index (χ1n) is 11.6. The van der Waals surface area contributed by atoms with Crippen molar-refractivity contribution in [3.63, 3.8) is 0 Å². The number of sulfonamides is 1. The SMILES string of the molecule is Cn1cc(S(=O)(=O)N2CCOCC2)cc1C(=O)N1CCC(C(=O)Nc2ccc3c(c2)OCO3)CC1. The predicted molar refractivity (Wildman–Crippen MR) is 125 cm³/mol. The van der Waals surface area contributed by atoms with Crippen LogP contribution in [0.4, 0.5) is 5.69 Å². The number of aromatic nitrogens is 1. The van der Waals surface area contributed by atoms with Crippen molar-refractivity contribution in [1.29, 1.82) is 0 Å². The highest BCUT2D eigenvalue weighted by atomic mass is 32.2. The Labute approximate surface area is 203 Å². The number of morpholine rings is 1. The van der Waals surface area contributed by atoms with Crippen LogP contribution in [0.1, 0.15) is 23.3 Å². The maximum atomic E-state index is 13.2. The molecule has 0 atom stereocenters. The molecular formula is C23H28N4O7S. The minimum atomic E-state index is -3.69. The molecule has 0 spiro atoms. The van der Waals surface area contributed by atoms with Crippen molar-refractivity contribution in [3.8, 4) is 11.5 Å². The van der Waals surface area contributed by atoms with Gasteiger partial charge in [0.1, 0.15) is 10.6 Å². The summed E-state index contributed by atoms with van der Waals surface area (Å²) in [4.78, 5) is 27.7. The van der Waals surface area contributed by atoms with E-state index in [0.29, 0.717) is 75.1 Å². The van der Waals surface area contributed by atoms with E-state index in [1.165, 1.54) is 16.6 Å². The fourth-order valence-electron chi connectivity index (χ4n) is 4.55. The molecule has 3 aliphatic heterocycles. The number of rotatable bonds is 5. The molecule has 1 aromatic carbocycles. The molecule has 0 unspecified atom stereocenters. The molecule has 0 bridgehead atoms. The number of carbonyl (C=O) groups is 2. The topological polar surface area (TPSA) is 119 Å². The Morgan fingerprint density at radius 1 is 1.00 bits per heavy atom. The highest BCUT2D eigenvalue weighted by Gasteiger charge is 2.32. The minimum absolute atomic E-state index is 0.100. The number of nitrogens with zero attached hydrogens (tertiary/aromatic N) is 3. The Bertz CT molecular complexity index is 1230. The third kappa shape index (κ3) is 4.73. The lowest BCUT2D eigenvalue weighted by Gasteiger charge is -2.31. The summed E-state index contributed by atoms with van der Waals surface area (Å²) in [5.74, 6) is 0.673. The van der Waals surface area contributed by atoms with E-state index in [1.807, 2.05) is 0 Å². The fraction of sp³-hybridized carbons (Fsp3) is 0.478. The van der Waals surface area contributed by atoms with Gasteiger partial charge in [-0.05, 0) is 31.0 Å². The predicted octanol–water partition coefficient (Wildman–Crippen LogP) is 1.27. The molecule has 3 aliphatic rings. The summed E-state index contributed by atoms with van der Waals surface area (Å²) in [5, 5.41) is 2.92. The maximum absolute atomic E-state index is 13.2. The Kier molecular flexibility index (Phi) is 6.43. The number of likely N-dealkylation sites (tertiary alicyclic amines) is 1. The Morgan fingerprint density at radius 2 is 1.71 bits per heavy atom. The van der Waals surface area contributed by atoms with Crippen LogP contribution in [0.2, 0.25) is 0 Å². The van der Waals surface area contributed by atoms with Crippen molar-refractivity contribution in [2.24, 2.45) is 13.0 Å². The molecule has 188 valence electrons. The second-order valence-electron chi connectivity index (χ2n) is 8.81. The highest BCUT2D eigenvalue weighted by molar-refractivity contribution is 7.89. The van der Waals surface area contributed by atoms with Crippen LogP contribution in [-0.4, -0.2) is 80.2 Å². The second kappa shape index (κ2) is 9.51. The second-order valence-corrected chi connectivity index (χ2v) is 10.8. The lowest BCUT2D eigenvalue weighted by atomic mass is 9.95. The molecule has 5 rings (SSSR count). The Morgan fingerprint density at radius 3 is 2.46 bits per heavy atom. The van der Waals surface area contributed by atoms with Gasteiger partial charge in [-0.25, -0.2) is 8.42 Å². The van der Waals surface area contributed by atoms with Gasteiger partial charge in [0.05, 0.1) is 13.2 Å². The van der Waals surface area contributed by atoms with Crippen molar-refractivity contribution >= 4 is 27.5 Å². The largest absolute Gasteiger partial charge is 0.454 e. The van der Waals surface area contributed by atoms with Gasteiger partial charge in [-0.3, -0.25) is 9.59 Å². The molecule has 1 N–H and O–H groups in total. The number of carbonyl (C=O) groups excluding carboxylic acids is 2. The summed E-state index contributed by atoms with van der Waals surface area (Å²) in [6, 6.07) is 6.69. The zero-order chi connectivity index (χ0) is 24.6. The first kappa shape index (κ1) is 23.6. The average molecular weight is 505 g/mol. The fourth-order valence-corrected chi connectivity index (χ4v) is 6.03. The van der Waals surface area contributed by atoms with E-state index in [2.05, 4.69) is 5.32 Å². The number of amides is 2. The standard InChI is InChI=1S/C23H28N4O7S/c1-25-14-18(35(30,31)27-8-10-32-11-9-27)13-19(25)23(29)26-6-4-16(5-7-26)22(28)24-17-2-3-20-21(12-17)34-15-33-20/h2-3,12-14,16H,4-11,15H2,1H3,(H,24,28). The van der Waals surface area contributed by atoms with Gasteiger partial charge < -0.3 is 29.0 Å². The van der Waals surface area contributed by atoms with Crippen molar-refractivity contribution in [1.82, 2.24) is 13.8 Å². The van der Waals surface area contributed by atoms with Gasteiger partial charge in [0.25, 0.3) is 5.91 Å². The number of benzene rings is 1. The van der Waals surface area contributed by atoms with Crippen molar-refractivity contribution in [3.05, 3.63) is 36.2 Å². The van der Waals surface area contributed by atoms with E-state index in [4.69, 9.17) is 14.2 Å². The molecule has 2 fully saturated rings. The van der Waals surface area contributed by atoms with E-state index in [9.17, 15) is 18.0 Å². The number of aryl methyl sites for hydroxylation is 1. The molecule has 0 aliphatic carbocycles. The number of anilines is 1. The highest BCUT2D eigenvalue weighted by Crippen LogP contribution is 2.34. The molecule has 2 saturated heterocycles. The monoisotopic (exact) mass is 504 g/mol.